The van der Waals surface area contributed by atoms with Gasteiger partial charge in [-0.15, -0.1) is 10.2 Å². The summed E-state index contributed by atoms with van der Waals surface area (Å²) in [5.74, 6) is 3.93. The minimum absolute atomic E-state index is 0.0293. The number of amides is 2. The number of hydrogen-bond acceptors (Lipinski definition) is 5. The Morgan fingerprint density at radius 3 is 2.08 bits per heavy atom. The molecule has 2 aromatic heterocycles. The monoisotopic (exact) mass is 516 g/mol. The van der Waals surface area contributed by atoms with Crippen LogP contribution < -0.4 is 0 Å². The highest BCUT2D eigenvalue weighted by atomic mass is 19.4. The molecule has 0 bridgehead atoms. The van der Waals surface area contributed by atoms with Gasteiger partial charge >= 0.3 is 12.2 Å². The quantitative estimate of drug-likeness (QED) is 0.631. The van der Waals surface area contributed by atoms with Crippen molar-refractivity contribution in [3.63, 3.8) is 0 Å². The minimum Gasteiger partial charge on any atom is -0.328 e. The maximum Gasteiger partial charge on any atom is 0.401 e. The Bertz CT molecular complexity index is 1230. The van der Waals surface area contributed by atoms with Crippen LogP contribution in [-0.2, 0) is 11.8 Å². The van der Waals surface area contributed by atoms with Gasteiger partial charge in [0.15, 0.2) is 5.82 Å². The average Bonchev–Trinajstić information content (AvgIpc) is 3.66. The lowest BCUT2D eigenvalue weighted by atomic mass is 9.56. The SMILES string of the molecule is O=C(N1CC2(CC(Cc3n[nH]c(C4(C(F)(F)F)CC4)n3)C2)C1)N1CC2(CC(c3nnc(C4CC4)[nH]3)C2)C1. The Labute approximate surface area is 212 Å². The number of nitrogens with one attached hydrogen (secondary N) is 2. The molecule has 0 unspecified atom stereocenters. The highest BCUT2D eigenvalue weighted by Gasteiger charge is 2.66. The van der Waals surface area contributed by atoms with Gasteiger partial charge in [-0.25, -0.2) is 9.78 Å². The zero-order valence-electron chi connectivity index (χ0n) is 20.6. The predicted octanol–water partition coefficient (Wildman–Crippen LogP) is 3.65. The second-order valence-corrected chi connectivity index (χ2v) is 13.1. The molecule has 2 aromatic rings. The lowest BCUT2D eigenvalue weighted by Crippen LogP contribution is -2.71. The van der Waals surface area contributed by atoms with Crippen LogP contribution in [0.5, 0.6) is 0 Å². The molecule has 0 aromatic carbocycles. The summed E-state index contributed by atoms with van der Waals surface area (Å²) in [6.45, 7) is 3.25. The fourth-order valence-electron chi connectivity index (χ4n) is 7.65. The van der Waals surface area contributed by atoms with Gasteiger partial charge in [-0.1, -0.05) is 0 Å². The van der Waals surface area contributed by atoms with E-state index in [-0.39, 0.29) is 35.5 Å². The first-order valence-corrected chi connectivity index (χ1v) is 13.6. The van der Waals surface area contributed by atoms with Crippen molar-refractivity contribution in [2.45, 2.75) is 81.2 Å². The van der Waals surface area contributed by atoms with Crippen molar-refractivity contribution < 1.29 is 18.0 Å². The molecule has 2 aliphatic heterocycles. The van der Waals surface area contributed by atoms with Gasteiger partial charge in [0, 0.05) is 55.3 Å². The number of urea groups is 1. The second-order valence-electron chi connectivity index (χ2n) is 13.1. The molecule has 9 nitrogen and oxygen atoms in total. The lowest BCUT2D eigenvalue weighted by molar-refractivity contribution is -0.162. The van der Waals surface area contributed by atoms with Crippen molar-refractivity contribution in [1.82, 2.24) is 40.2 Å². The molecule has 198 valence electrons. The molecule has 0 atom stereocenters. The number of carbonyl (C=O) groups is 1. The van der Waals surface area contributed by atoms with E-state index >= 15 is 0 Å². The number of aromatic nitrogens is 6. The van der Waals surface area contributed by atoms with Gasteiger partial charge < -0.3 is 14.8 Å². The average molecular weight is 517 g/mol. The van der Waals surface area contributed by atoms with E-state index in [0.717, 1.165) is 63.5 Å². The van der Waals surface area contributed by atoms with Crippen molar-refractivity contribution in [2.24, 2.45) is 16.7 Å². The van der Waals surface area contributed by atoms with Crippen molar-refractivity contribution in [3.05, 3.63) is 23.3 Å². The molecule has 2 saturated heterocycles. The lowest BCUT2D eigenvalue weighted by Gasteiger charge is -2.63. The van der Waals surface area contributed by atoms with E-state index in [1.165, 1.54) is 12.8 Å². The standard InChI is InChI=1S/C25H31F3N8O/c26-25(27,28)24(3-4-24)20-29-17(31-34-20)5-14-6-22(7-14)10-35(11-22)21(37)36-12-23(13-36)8-16(9-23)19-30-18(32-33-19)15-1-2-15/h14-16H,1-13H2,(H,29,31,34)(H,30,32,33). The molecular weight excluding hydrogens is 485 g/mol. The number of hydrogen-bond donors (Lipinski definition) is 2. The summed E-state index contributed by atoms with van der Waals surface area (Å²) < 4.78 is 40.0. The van der Waals surface area contributed by atoms with Crippen molar-refractivity contribution in [2.75, 3.05) is 26.2 Å². The van der Waals surface area contributed by atoms with Crippen molar-refractivity contribution >= 4 is 6.03 Å². The van der Waals surface area contributed by atoms with Crippen molar-refractivity contribution in [1.29, 1.82) is 0 Å². The van der Waals surface area contributed by atoms with Gasteiger partial charge in [-0.05, 0) is 57.3 Å². The van der Waals surface area contributed by atoms with Gasteiger partial charge in [0.25, 0.3) is 0 Å². The number of carbonyl (C=O) groups excluding carboxylic acids is 1. The number of likely N-dealkylation sites (tertiary alicyclic amines) is 2. The number of rotatable bonds is 5. The summed E-state index contributed by atoms with van der Waals surface area (Å²) in [5.41, 5.74) is -1.37. The Kier molecular flexibility index (Phi) is 4.25. The second kappa shape index (κ2) is 7.05. The zero-order valence-corrected chi connectivity index (χ0v) is 20.6. The van der Waals surface area contributed by atoms with Crippen LogP contribution in [0.4, 0.5) is 18.0 Å². The maximum atomic E-state index is 13.3. The molecule has 4 aliphatic carbocycles. The summed E-state index contributed by atoms with van der Waals surface area (Å²) in [5, 5.41) is 15.3. The molecule has 2 amide bonds. The number of H-pyrrole nitrogens is 2. The molecule has 2 N–H and O–H groups in total. The fraction of sp³-hybridized carbons (Fsp3) is 0.800. The van der Waals surface area contributed by atoms with Crippen molar-refractivity contribution in [3.8, 4) is 0 Å². The molecule has 6 aliphatic rings. The summed E-state index contributed by atoms with van der Waals surface area (Å²) in [4.78, 5) is 24.5. The summed E-state index contributed by atoms with van der Waals surface area (Å²) in [6.07, 6.45) is 3.05. The topological polar surface area (TPSA) is 107 Å². The first-order chi connectivity index (χ1) is 17.6. The molecule has 4 heterocycles. The first kappa shape index (κ1) is 22.3. The third-order valence-electron chi connectivity index (χ3n) is 10.1. The molecule has 4 saturated carbocycles. The van der Waals surface area contributed by atoms with Gasteiger partial charge in [-0.3, -0.25) is 5.10 Å². The van der Waals surface area contributed by atoms with Gasteiger partial charge in [0.05, 0.1) is 0 Å². The normalized spacial score (nSPS) is 27.5. The number of alkyl halides is 3. The largest absolute Gasteiger partial charge is 0.401 e. The molecule has 2 spiro atoms. The maximum absolute atomic E-state index is 13.3. The summed E-state index contributed by atoms with van der Waals surface area (Å²) >= 11 is 0. The molecule has 12 heteroatoms. The minimum atomic E-state index is -4.28. The zero-order chi connectivity index (χ0) is 25.2. The van der Waals surface area contributed by atoms with Crippen LogP contribution in [-0.4, -0.2) is 78.5 Å². The van der Waals surface area contributed by atoms with Gasteiger partial charge in [0.2, 0.25) is 0 Å². The van der Waals surface area contributed by atoms with E-state index in [1.54, 1.807) is 0 Å². The number of nitrogens with zero attached hydrogens (tertiary/aromatic N) is 6. The van der Waals surface area contributed by atoms with E-state index in [2.05, 4.69) is 30.4 Å². The van der Waals surface area contributed by atoms with Crippen LogP contribution in [0.3, 0.4) is 0 Å². The van der Waals surface area contributed by atoms with Crippen LogP contribution in [0.1, 0.15) is 86.5 Å². The number of aromatic amines is 2. The highest BCUT2D eigenvalue weighted by molar-refractivity contribution is 5.77. The van der Waals surface area contributed by atoms with E-state index in [1.807, 2.05) is 9.80 Å². The third-order valence-corrected chi connectivity index (χ3v) is 10.1. The Hall–Kier alpha value is -2.66. The van der Waals surface area contributed by atoms with E-state index < -0.39 is 11.6 Å². The molecular formula is C25H31F3N8O. The van der Waals surface area contributed by atoms with E-state index in [9.17, 15) is 18.0 Å². The smallest absolute Gasteiger partial charge is 0.328 e. The molecule has 37 heavy (non-hydrogen) atoms. The van der Waals surface area contributed by atoms with Gasteiger partial charge in [-0.2, -0.15) is 18.3 Å². The van der Waals surface area contributed by atoms with Crippen LogP contribution >= 0.6 is 0 Å². The van der Waals surface area contributed by atoms with Crippen LogP contribution in [0.2, 0.25) is 0 Å². The Balaban J connectivity index is 0.781. The number of halogens is 3. The van der Waals surface area contributed by atoms with E-state index in [4.69, 9.17) is 0 Å². The first-order valence-electron chi connectivity index (χ1n) is 13.6. The third kappa shape index (κ3) is 3.39. The Morgan fingerprint density at radius 2 is 1.51 bits per heavy atom. The molecule has 0 radical (unpaired) electrons. The molecule has 8 rings (SSSR count). The highest BCUT2D eigenvalue weighted by Crippen LogP contribution is 2.59. The van der Waals surface area contributed by atoms with Gasteiger partial charge in [0.1, 0.15) is 22.9 Å². The van der Waals surface area contributed by atoms with E-state index in [0.29, 0.717) is 30.0 Å². The fourth-order valence-corrected chi connectivity index (χ4v) is 7.65. The summed E-state index contributed by atoms with van der Waals surface area (Å²) in [6, 6.07) is 0.152. The van der Waals surface area contributed by atoms with Crippen LogP contribution in [0.25, 0.3) is 0 Å². The Morgan fingerprint density at radius 1 is 0.919 bits per heavy atom. The summed E-state index contributed by atoms with van der Waals surface area (Å²) in [7, 11) is 0. The predicted molar refractivity (Wildman–Crippen MR) is 124 cm³/mol. The molecule has 6 fully saturated rings. The van der Waals surface area contributed by atoms with Crippen LogP contribution in [0, 0.1) is 16.7 Å². The van der Waals surface area contributed by atoms with Crippen LogP contribution in [0.15, 0.2) is 0 Å².